The van der Waals surface area contributed by atoms with E-state index in [4.69, 9.17) is 4.74 Å². The van der Waals surface area contributed by atoms with E-state index in [0.29, 0.717) is 18.7 Å². The highest BCUT2D eigenvalue weighted by molar-refractivity contribution is 6.37. The first-order chi connectivity index (χ1) is 10.8. The molecule has 1 saturated heterocycles. The molecule has 124 valence electrons. The smallest absolute Gasteiger partial charge is 0.397 e. The molecule has 0 saturated carbocycles. The Morgan fingerprint density at radius 1 is 1.13 bits per heavy atom. The summed E-state index contributed by atoms with van der Waals surface area (Å²) < 4.78 is 5.00. The number of anilines is 2. The fourth-order valence-corrected chi connectivity index (χ4v) is 2.31. The number of rotatable bonds is 2. The van der Waals surface area contributed by atoms with Crippen molar-refractivity contribution in [3.8, 4) is 0 Å². The van der Waals surface area contributed by atoms with E-state index in [0.717, 1.165) is 18.5 Å². The van der Waals surface area contributed by atoms with Crippen LogP contribution in [0.3, 0.4) is 0 Å². The standard InChI is InChI=1S/C17H22N2O4/c1-17(2,3)23-16(22)15(21)18-12-7-9-13(10-8-12)19-11-5-4-6-14(19)20/h7-10H,4-6,11H2,1-3H3,(H,18,21). The number of esters is 1. The maximum absolute atomic E-state index is 11.9. The minimum atomic E-state index is -0.923. The van der Waals surface area contributed by atoms with Gasteiger partial charge in [-0.1, -0.05) is 0 Å². The van der Waals surface area contributed by atoms with Crippen LogP contribution in [0.2, 0.25) is 0 Å². The third kappa shape index (κ3) is 4.81. The molecule has 1 aliphatic heterocycles. The van der Waals surface area contributed by atoms with Crippen molar-refractivity contribution < 1.29 is 19.1 Å². The number of nitrogens with one attached hydrogen (secondary N) is 1. The molecular weight excluding hydrogens is 296 g/mol. The van der Waals surface area contributed by atoms with Crippen molar-refractivity contribution in [2.45, 2.75) is 45.6 Å². The van der Waals surface area contributed by atoms with Crippen molar-refractivity contribution in [1.82, 2.24) is 0 Å². The molecule has 0 unspecified atom stereocenters. The van der Waals surface area contributed by atoms with E-state index < -0.39 is 17.5 Å². The lowest BCUT2D eigenvalue weighted by Gasteiger charge is -2.26. The molecule has 0 aromatic heterocycles. The Morgan fingerprint density at radius 3 is 2.35 bits per heavy atom. The molecule has 1 aromatic carbocycles. The number of hydrogen-bond acceptors (Lipinski definition) is 4. The molecule has 6 nitrogen and oxygen atoms in total. The second kappa shape index (κ2) is 6.81. The summed E-state index contributed by atoms with van der Waals surface area (Å²) in [4.78, 5) is 37.0. The highest BCUT2D eigenvalue weighted by Crippen LogP contribution is 2.22. The monoisotopic (exact) mass is 318 g/mol. The predicted octanol–water partition coefficient (Wildman–Crippen LogP) is 2.48. The lowest BCUT2D eigenvalue weighted by Crippen LogP contribution is -2.35. The van der Waals surface area contributed by atoms with Gasteiger partial charge in [-0.05, 0) is 57.9 Å². The second-order valence-electron chi connectivity index (χ2n) is 6.51. The van der Waals surface area contributed by atoms with Crippen molar-refractivity contribution in [2.75, 3.05) is 16.8 Å². The quantitative estimate of drug-likeness (QED) is 0.671. The van der Waals surface area contributed by atoms with Gasteiger partial charge < -0.3 is 15.0 Å². The predicted molar refractivity (Wildman–Crippen MR) is 87.1 cm³/mol. The Morgan fingerprint density at radius 2 is 1.78 bits per heavy atom. The van der Waals surface area contributed by atoms with Gasteiger partial charge in [-0.15, -0.1) is 0 Å². The molecule has 1 aliphatic rings. The number of nitrogens with zero attached hydrogens (tertiary/aromatic N) is 1. The number of benzene rings is 1. The lowest BCUT2D eigenvalue weighted by atomic mass is 10.1. The van der Waals surface area contributed by atoms with Crippen molar-refractivity contribution in [3.63, 3.8) is 0 Å². The molecule has 0 atom stereocenters. The number of carbonyl (C=O) groups excluding carboxylic acids is 3. The molecule has 0 aliphatic carbocycles. The number of ether oxygens (including phenoxy) is 1. The van der Waals surface area contributed by atoms with E-state index in [9.17, 15) is 14.4 Å². The Bertz CT molecular complexity index is 602. The Hall–Kier alpha value is -2.37. The van der Waals surface area contributed by atoms with Crippen molar-refractivity contribution in [3.05, 3.63) is 24.3 Å². The van der Waals surface area contributed by atoms with Crippen molar-refractivity contribution in [1.29, 1.82) is 0 Å². The van der Waals surface area contributed by atoms with Crippen LogP contribution in [-0.4, -0.2) is 29.9 Å². The van der Waals surface area contributed by atoms with Crippen LogP contribution < -0.4 is 10.2 Å². The lowest BCUT2D eigenvalue weighted by molar-refractivity contribution is -0.161. The first-order valence-corrected chi connectivity index (χ1v) is 7.71. The molecule has 1 fully saturated rings. The van der Waals surface area contributed by atoms with Gasteiger partial charge in [0.1, 0.15) is 5.60 Å². The Balaban J connectivity index is 1.98. The minimum absolute atomic E-state index is 0.113. The van der Waals surface area contributed by atoms with Gasteiger partial charge in [0.2, 0.25) is 5.91 Å². The van der Waals surface area contributed by atoms with E-state index >= 15 is 0 Å². The molecule has 2 amide bonds. The van der Waals surface area contributed by atoms with E-state index in [1.54, 1.807) is 49.9 Å². The zero-order valence-corrected chi connectivity index (χ0v) is 13.7. The molecule has 2 rings (SSSR count). The van der Waals surface area contributed by atoms with Crippen LogP contribution in [0.4, 0.5) is 11.4 Å². The van der Waals surface area contributed by atoms with Crippen LogP contribution in [0, 0.1) is 0 Å². The summed E-state index contributed by atoms with van der Waals surface area (Å²) in [6.07, 6.45) is 2.49. The summed E-state index contributed by atoms with van der Waals surface area (Å²) in [5, 5.41) is 2.49. The summed E-state index contributed by atoms with van der Waals surface area (Å²) in [6.45, 7) is 5.80. The normalized spacial score (nSPS) is 15.3. The van der Waals surface area contributed by atoms with Crippen molar-refractivity contribution in [2.24, 2.45) is 0 Å². The SMILES string of the molecule is CC(C)(C)OC(=O)C(=O)Nc1ccc(N2CCCCC2=O)cc1. The largest absolute Gasteiger partial charge is 0.453 e. The Kier molecular flexibility index (Phi) is 5.03. The molecular formula is C17H22N2O4. The van der Waals surface area contributed by atoms with Gasteiger partial charge in [0.15, 0.2) is 0 Å². The molecule has 1 N–H and O–H groups in total. The molecule has 1 heterocycles. The van der Waals surface area contributed by atoms with Crippen LogP contribution >= 0.6 is 0 Å². The highest BCUT2D eigenvalue weighted by atomic mass is 16.6. The molecule has 23 heavy (non-hydrogen) atoms. The summed E-state index contributed by atoms with van der Waals surface area (Å²) in [7, 11) is 0. The molecule has 0 spiro atoms. The number of piperidine rings is 1. The van der Waals surface area contributed by atoms with Gasteiger partial charge in [0, 0.05) is 24.3 Å². The fraction of sp³-hybridized carbons (Fsp3) is 0.471. The van der Waals surface area contributed by atoms with Crippen LogP contribution in [0.5, 0.6) is 0 Å². The van der Waals surface area contributed by atoms with Gasteiger partial charge in [-0.3, -0.25) is 9.59 Å². The molecule has 0 bridgehead atoms. The number of carbonyl (C=O) groups is 3. The van der Waals surface area contributed by atoms with Crippen LogP contribution in [0.25, 0.3) is 0 Å². The zero-order chi connectivity index (χ0) is 17.0. The minimum Gasteiger partial charge on any atom is -0.453 e. The average Bonchev–Trinajstić information content (AvgIpc) is 2.47. The maximum Gasteiger partial charge on any atom is 0.397 e. The summed E-state index contributed by atoms with van der Waals surface area (Å²) in [5.74, 6) is -1.63. The summed E-state index contributed by atoms with van der Waals surface area (Å²) in [6, 6.07) is 6.85. The van der Waals surface area contributed by atoms with Crippen LogP contribution in [0.15, 0.2) is 24.3 Å². The fourth-order valence-electron chi connectivity index (χ4n) is 2.31. The average molecular weight is 318 g/mol. The van der Waals surface area contributed by atoms with E-state index in [1.165, 1.54) is 0 Å². The first kappa shape index (κ1) is 17.0. The van der Waals surface area contributed by atoms with Gasteiger partial charge in [-0.2, -0.15) is 0 Å². The number of hydrogen-bond donors (Lipinski definition) is 1. The Labute approximate surface area is 135 Å². The van der Waals surface area contributed by atoms with E-state index in [-0.39, 0.29) is 5.91 Å². The van der Waals surface area contributed by atoms with Gasteiger partial charge in [0.05, 0.1) is 0 Å². The number of amides is 2. The summed E-state index contributed by atoms with van der Waals surface area (Å²) >= 11 is 0. The van der Waals surface area contributed by atoms with Crippen LogP contribution in [-0.2, 0) is 19.1 Å². The first-order valence-electron chi connectivity index (χ1n) is 7.71. The molecule has 0 radical (unpaired) electrons. The van der Waals surface area contributed by atoms with E-state index in [2.05, 4.69) is 5.32 Å². The highest BCUT2D eigenvalue weighted by Gasteiger charge is 2.23. The topological polar surface area (TPSA) is 75.7 Å². The van der Waals surface area contributed by atoms with Crippen molar-refractivity contribution >= 4 is 29.2 Å². The third-order valence-electron chi connectivity index (χ3n) is 3.34. The van der Waals surface area contributed by atoms with Gasteiger partial charge >= 0.3 is 11.9 Å². The third-order valence-corrected chi connectivity index (χ3v) is 3.34. The molecule has 6 heteroatoms. The summed E-state index contributed by atoms with van der Waals surface area (Å²) in [5.41, 5.74) is 0.562. The van der Waals surface area contributed by atoms with E-state index in [1.807, 2.05) is 0 Å². The van der Waals surface area contributed by atoms with Gasteiger partial charge in [0.25, 0.3) is 0 Å². The van der Waals surface area contributed by atoms with Crippen LogP contribution in [0.1, 0.15) is 40.0 Å². The zero-order valence-electron chi connectivity index (χ0n) is 13.7. The second-order valence-corrected chi connectivity index (χ2v) is 6.51. The van der Waals surface area contributed by atoms with Gasteiger partial charge in [-0.25, -0.2) is 4.79 Å². The molecule has 1 aromatic rings. The maximum atomic E-state index is 11.9.